The molecule has 1 atom stereocenters. The van der Waals surface area contributed by atoms with Crippen molar-refractivity contribution in [3.63, 3.8) is 0 Å². The molecule has 144 valence electrons. The summed E-state index contributed by atoms with van der Waals surface area (Å²) in [4.78, 5) is 29.8. The second kappa shape index (κ2) is 8.07. The number of likely N-dealkylation sites (tertiary alicyclic amines) is 1. The summed E-state index contributed by atoms with van der Waals surface area (Å²) in [6.07, 6.45) is 3.02. The minimum absolute atomic E-state index is 0.0201. The highest BCUT2D eigenvalue weighted by Gasteiger charge is 2.34. The molecule has 6 heteroatoms. The standard InChI is InChI=1S/C22H22ClN3O2/c23-18-7-5-15(6-8-18)13-26-14-17(11-21(26)27)22(28)24-10-9-16-12-25-20-4-2-1-3-19(16)20/h1-8,12,17,25H,9-11,13-14H2,(H,24,28)/t17-/m1/s1. The van der Waals surface area contributed by atoms with Crippen LogP contribution < -0.4 is 5.32 Å². The van der Waals surface area contributed by atoms with Crippen molar-refractivity contribution >= 4 is 34.3 Å². The number of rotatable bonds is 6. The van der Waals surface area contributed by atoms with Gasteiger partial charge in [0, 0.05) is 48.2 Å². The number of nitrogens with one attached hydrogen (secondary N) is 2. The minimum Gasteiger partial charge on any atom is -0.361 e. The van der Waals surface area contributed by atoms with Gasteiger partial charge in [-0.1, -0.05) is 41.9 Å². The second-order valence-electron chi connectivity index (χ2n) is 7.20. The molecular formula is C22H22ClN3O2. The van der Waals surface area contributed by atoms with E-state index in [4.69, 9.17) is 11.6 Å². The first-order valence-corrected chi connectivity index (χ1v) is 9.83. The fourth-order valence-electron chi connectivity index (χ4n) is 3.71. The first-order valence-electron chi connectivity index (χ1n) is 9.45. The Morgan fingerprint density at radius 3 is 2.79 bits per heavy atom. The Balaban J connectivity index is 1.29. The summed E-state index contributed by atoms with van der Waals surface area (Å²) in [6, 6.07) is 15.6. The number of hydrogen-bond acceptors (Lipinski definition) is 2. The van der Waals surface area contributed by atoms with Crippen molar-refractivity contribution in [2.45, 2.75) is 19.4 Å². The van der Waals surface area contributed by atoms with Crippen LogP contribution in [0.25, 0.3) is 10.9 Å². The number of hydrogen-bond donors (Lipinski definition) is 2. The molecule has 28 heavy (non-hydrogen) atoms. The summed E-state index contributed by atoms with van der Waals surface area (Å²) < 4.78 is 0. The van der Waals surface area contributed by atoms with Crippen molar-refractivity contribution in [1.29, 1.82) is 0 Å². The van der Waals surface area contributed by atoms with E-state index < -0.39 is 0 Å². The Labute approximate surface area is 168 Å². The molecule has 1 saturated heterocycles. The number of aromatic nitrogens is 1. The van der Waals surface area contributed by atoms with E-state index in [-0.39, 0.29) is 24.2 Å². The molecule has 1 aliphatic heterocycles. The number of aromatic amines is 1. The highest BCUT2D eigenvalue weighted by atomic mass is 35.5. The molecule has 0 unspecified atom stereocenters. The van der Waals surface area contributed by atoms with Crippen LogP contribution in [0.4, 0.5) is 0 Å². The molecular weight excluding hydrogens is 374 g/mol. The van der Waals surface area contributed by atoms with Gasteiger partial charge in [-0.05, 0) is 35.7 Å². The van der Waals surface area contributed by atoms with E-state index >= 15 is 0 Å². The van der Waals surface area contributed by atoms with Gasteiger partial charge in [-0.2, -0.15) is 0 Å². The lowest BCUT2D eigenvalue weighted by molar-refractivity contribution is -0.129. The van der Waals surface area contributed by atoms with Gasteiger partial charge in [0.15, 0.2) is 0 Å². The van der Waals surface area contributed by atoms with E-state index in [0.717, 1.165) is 17.5 Å². The Bertz CT molecular complexity index is 996. The van der Waals surface area contributed by atoms with Gasteiger partial charge in [-0.3, -0.25) is 9.59 Å². The van der Waals surface area contributed by atoms with Crippen molar-refractivity contribution < 1.29 is 9.59 Å². The third-order valence-electron chi connectivity index (χ3n) is 5.24. The molecule has 0 saturated carbocycles. The largest absolute Gasteiger partial charge is 0.361 e. The molecule has 3 aromatic rings. The number of nitrogens with zero attached hydrogens (tertiary/aromatic N) is 1. The summed E-state index contributed by atoms with van der Waals surface area (Å²) >= 11 is 5.90. The summed E-state index contributed by atoms with van der Waals surface area (Å²) in [5, 5.41) is 4.84. The lowest BCUT2D eigenvalue weighted by atomic mass is 10.1. The van der Waals surface area contributed by atoms with E-state index in [1.54, 1.807) is 4.90 Å². The van der Waals surface area contributed by atoms with Gasteiger partial charge < -0.3 is 15.2 Å². The maximum Gasteiger partial charge on any atom is 0.225 e. The lowest BCUT2D eigenvalue weighted by Crippen LogP contribution is -2.34. The molecule has 0 radical (unpaired) electrons. The Kier molecular flexibility index (Phi) is 5.35. The zero-order valence-corrected chi connectivity index (χ0v) is 16.2. The van der Waals surface area contributed by atoms with E-state index in [0.29, 0.717) is 24.7 Å². The SMILES string of the molecule is O=C(NCCc1c[nH]c2ccccc12)[C@@H]1CC(=O)N(Cc2ccc(Cl)cc2)C1. The third-order valence-corrected chi connectivity index (χ3v) is 5.49. The molecule has 1 aliphatic rings. The van der Waals surface area contributed by atoms with E-state index in [9.17, 15) is 9.59 Å². The van der Waals surface area contributed by atoms with Crippen LogP contribution in [0.5, 0.6) is 0 Å². The molecule has 5 nitrogen and oxygen atoms in total. The number of para-hydroxylation sites is 1. The van der Waals surface area contributed by atoms with Gasteiger partial charge in [0.05, 0.1) is 5.92 Å². The number of fused-ring (bicyclic) bond motifs is 1. The predicted molar refractivity (Wildman–Crippen MR) is 110 cm³/mol. The molecule has 0 spiro atoms. The fourth-order valence-corrected chi connectivity index (χ4v) is 3.84. The average Bonchev–Trinajstić information content (AvgIpc) is 3.28. The Morgan fingerprint density at radius 1 is 1.18 bits per heavy atom. The van der Waals surface area contributed by atoms with E-state index in [2.05, 4.69) is 16.4 Å². The van der Waals surface area contributed by atoms with Gasteiger partial charge in [0.25, 0.3) is 0 Å². The van der Waals surface area contributed by atoms with Gasteiger partial charge in [-0.15, -0.1) is 0 Å². The van der Waals surface area contributed by atoms with E-state index in [1.807, 2.05) is 48.7 Å². The molecule has 1 fully saturated rings. The first kappa shape index (κ1) is 18.6. The van der Waals surface area contributed by atoms with Crippen LogP contribution in [-0.4, -0.2) is 34.8 Å². The summed E-state index contributed by atoms with van der Waals surface area (Å²) in [6.45, 7) is 1.53. The Hall–Kier alpha value is -2.79. The molecule has 4 rings (SSSR count). The minimum atomic E-state index is -0.289. The van der Waals surface area contributed by atoms with Crippen LogP contribution in [0.1, 0.15) is 17.5 Å². The molecule has 0 bridgehead atoms. The number of carbonyl (C=O) groups excluding carboxylic acids is 2. The summed E-state index contributed by atoms with van der Waals surface area (Å²) in [5.41, 5.74) is 3.30. The van der Waals surface area contributed by atoms with Crippen molar-refractivity contribution in [3.05, 3.63) is 70.9 Å². The summed E-state index contributed by atoms with van der Waals surface area (Å²) in [5.74, 6) is -0.318. The summed E-state index contributed by atoms with van der Waals surface area (Å²) in [7, 11) is 0. The molecule has 2 N–H and O–H groups in total. The van der Waals surface area contributed by atoms with Crippen molar-refractivity contribution in [3.8, 4) is 0 Å². The third kappa shape index (κ3) is 4.04. The number of benzene rings is 2. The van der Waals surface area contributed by atoms with Crippen LogP contribution >= 0.6 is 11.6 Å². The highest BCUT2D eigenvalue weighted by Crippen LogP contribution is 2.22. The lowest BCUT2D eigenvalue weighted by Gasteiger charge is -2.16. The zero-order valence-electron chi connectivity index (χ0n) is 15.5. The number of halogens is 1. The maximum atomic E-state index is 12.5. The highest BCUT2D eigenvalue weighted by molar-refractivity contribution is 6.30. The smallest absolute Gasteiger partial charge is 0.225 e. The van der Waals surface area contributed by atoms with Crippen LogP contribution in [-0.2, 0) is 22.6 Å². The quantitative estimate of drug-likeness (QED) is 0.670. The fraction of sp³-hybridized carbons (Fsp3) is 0.273. The van der Waals surface area contributed by atoms with Gasteiger partial charge in [0.1, 0.15) is 0 Å². The van der Waals surface area contributed by atoms with Crippen molar-refractivity contribution in [2.75, 3.05) is 13.1 Å². The van der Waals surface area contributed by atoms with Crippen LogP contribution in [0, 0.1) is 5.92 Å². The van der Waals surface area contributed by atoms with Gasteiger partial charge in [0.2, 0.25) is 11.8 Å². The zero-order chi connectivity index (χ0) is 19.5. The number of amides is 2. The average molecular weight is 396 g/mol. The molecule has 2 amide bonds. The van der Waals surface area contributed by atoms with Crippen LogP contribution in [0.15, 0.2) is 54.7 Å². The topological polar surface area (TPSA) is 65.2 Å². The van der Waals surface area contributed by atoms with Crippen molar-refractivity contribution in [1.82, 2.24) is 15.2 Å². The van der Waals surface area contributed by atoms with Gasteiger partial charge >= 0.3 is 0 Å². The first-order chi connectivity index (χ1) is 13.6. The van der Waals surface area contributed by atoms with Gasteiger partial charge in [-0.25, -0.2) is 0 Å². The van der Waals surface area contributed by atoms with Crippen molar-refractivity contribution in [2.24, 2.45) is 5.92 Å². The monoisotopic (exact) mass is 395 g/mol. The second-order valence-corrected chi connectivity index (χ2v) is 7.64. The van der Waals surface area contributed by atoms with Crippen LogP contribution in [0.3, 0.4) is 0 Å². The van der Waals surface area contributed by atoms with Crippen LogP contribution in [0.2, 0.25) is 5.02 Å². The molecule has 2 aromatic carbocycles. The molecule has 0 aliphatic carbocycles. The number of carbonyl (C=O) groups is 2. The Morgan fingerprint density at radius 2 is 1.96 bits per heavy atom. The normalized spacial score (nSPS) is 16.7. The number of H-pyrrole nitrogens is 1. The molecule has 1 aromatic heterocycles. The maximum absolute atomic E-state index is 12.5. The predicted octanol–water partition coefficient (Wildman–Crippen LogP) is 3.53. The molecule has 2 heterocycles. The van der Waals surface area contributed by atoms with E-state index in [1.165, 1.54) is 10.9 Å².